The van der Waals surface area contributed by atoms with Gasteiger partial charge in [0, 0.05) is 0 Å². The molecular formula is C15H18O4. The lowest BCUT2D eigenvalue weighted by Crippen LogP contribution is -2.41. The Hall–Kier alpha value is -1.84. The van der Waals surface area contributed by atoms with Gasteiger partial charge in [0.25, 0.3) is 0 Å². The van der Waals surface area contributed by atoms with Crippen LogP contribution in [0, 0.1) is 11.8 Å². The molecule has 19 heavy (non-hydrogen) atoms. The van der Waals surface area contributed by atoms with Crippen molar-refractivity contribution in [1.29, 1.82) is 0 Å². The van der Waals surface area contributed by atoms with E-state index in [0.717, 1.165) is 5.56 Å². The van der Waals surface area contributed by atoms with Crippen molar-refractivity contribution in [2.75, 3.05) is 0 Å². The molecule has 4 nitrogen and oxygen atoms in total. The van der Waals surface area contributed by atoms with Crippen LogP contribution >= 0.6 is 0 Å². The highest BCUT2D eigenvalue weighted by molar-refractivity contribution is 5.80. The number of rotatable bonds is 3. The standard InChI is InChI=1S/C15H18O4/c1-15(10-5-3-2-4-6-10)8-7-11(13(16)17)12(9-15)14(18)19/h2-6,11-12H,7-9H2,1H3,(H,16,17)(H,18,19)/t11-,12-,15+/m1/s1. The molecule has 4 heteroatoms. The van der Waals surface area contributed by atoms with E-state index in [9.17, 15) is 14.7 Å². The third-order valence-electron chi connectivity index (χ3n) is 4.27. The average Bonchev–Trinajstić information content (AvgIpc) is 2.39. The quantitative estimate of drug-likeness (QED) is 0.877. The van der Waals surface area contributed by atoms with Crippen molar-refractivity contribution < 1.29 is 19.8 Å². The van der Waals surface area contributed by atoms with Crippen LogP contribution in [-0.2, 0) is 15.0 Å². The van der Waals surface area contributed by atoms with Crippen LogP contribution in [0.3, 0.4) is 0 Å². The van der Waals surface area contributed by atoms with Gasteiger partial charge in [0.05, 0.1) is 11.8 Å². The van der Waals surface area contributed by atoms with Gasteiger partial charge in [0.15, 0.2) is 0 Å². The molecule has 0 amide bonds. The summed E-state index contributed by atoms with van der Waals surface area (Å²) in [6.07, 6.45) is 1.50. The van der Waals surface area contributed by atoms with Gasteiger partial charge in [0.1, 0.15) is 0 Å². The van der Waals surface area contributed by atoms with Crippen LogP contribution in [-0.4, -0.2) is 22.2 Å². The fourth-order valence-electron chi connectivity index (χ4n) is 3.06. The SMILES string of the molecule is C[C@]1(c2ccccc2)CC[C@@H](C(=O)O)[C@H](C(=O)O)C1. The molecule has 2 rings (SSSR count). The minimum Gasteiger partial charge on any atom is -0.481 e. The average molecular weight is 262 g/mol. The molecule has 0 aliphatic heterocycles. The van der Waals surface area contributed by atoms with Crippen LogP contribution in [0.25, 0.3) is 0 Å². The van der Waals surface area contributed by atoms with Crippen LogP contribution in [0.4, 0.5) is 0 Å². The van der Waals surface area contributed by atoms with Gasteiger partial charge in [-0.15, -0.1) is 0 Å². The highest BCUT2D eigenvalue weighted by Gasteiger charge is 2.44. The van der Waals surface area contributed by atoms with Crippen molar-refractivity contribution in [2.45, 2.75) is 31.6 Å². The predicted octanol–water partition coefficient (Wildman–Crippen LogP) is 2.53. The predicted molar refractivity (Wildman–Crippen MR) is 69.9 cm³/mol. The van der Waals surface area contributed by atoms with Crippen molar-refractivity contribution in [3.8, 4) is 0 Å². The Bertz CT molecular complexity index is 482. The van der Waals surface area contributed by atoms with E-state index in [4.69, 9.17) is 5.11 Å². The normalized spacial score (nSPS) is 30.8. The second-order valence-corrected chi connectivity index (χ2v) is 5.56. The zero-order valence-corrected chi connectivity index (χ0v) is 10.9. The fraction of sp³-hybridized carbons (Fsp3) is 0.467. The first kappa shape index (κ1) is 13.6. The molecule has 1 aliphatic carbocycles. The van der Waals surface area contributed by atoms with Crippen molar-refractivity contribution >= 4 is 11.9 Å². The first-order valence-corrected chi connectivity index (χ1v) is 6.45. The van der Waals surface area contributed by atoms with Gasteiger partial charge in [0.2, 0.25) is 0 Å². The van der Waals surface area contributed by atoms with Crippen LogP contribution in [0.15, 0.2) is 30.3 Å². The largest absolute Gasteiger partial charge is 0.481 e. The summed E-state index contributed by atoms with van der Waals surface area (Å²) in [6.45, 7) is 2.02. The van der Waals surface area contributed by atoms with Crippen LogP contribution in [0.1, 0.15) is 31.7 Å². The van der Waals surface area contributed by atoms with Crippen molar-refractivity contribution in [2.24, 2.45) is 11.8 Å². The monoisotopic (exact) mass is 262 g/mol. The summed E-state index contributed by atoms with van der Waals surface area (Å²) >= 11 is 0. The second kappa shape index (κ2) is 5.03. The molecule has 0 aromatic heterocycles. The van der Waals surface area contributed by atoms with Gasteiger partial charge in [-0.1, -0.05) is 37.3 Å². The molecule has 102 valence electrons. The lowest BCUT2D eigenvalue weighted by atomic mass is 9.63. The number of carboxylic acids is 2. The highest BCUT2D eigenvalue weighted by Crippen LogP contribution is 2.44. The number of hydrogen-bond donors (Lipinski definition) is 2. The Morgan fingerprint density at radius 3 is 2.21 bits per heavy atom. The maximum atomic E-state index is 11.3. The molecule has 0 radical (unpaired) electrons. The van der Waals surface area contributed by atoms with E-state index in [1.54, 1.807) is 0 Å². The molecule has 1 aliphatic rings. The van der Waals surface area contributed by atoms with Crippen molar-refractivity contribution in [3.05, 3.63) is 35.9 Å². The lowest BCUT2D eigenvalue weighted by molar-refractivity contribution is -0.156. The van der Waals surface area contributed by atoms with E-state index >= 15 is 0 Å². The van der Waals surface area contributed by atoms with E-state index in [1.807, 2.05) is 37.3 Å². The molecule has 1 aromatic rings. The maximum Gasteiger partial charge on any atom is 0.307 e. The summed E-state index contributed by atoms with van der Waals surface area (Å²) in [6, 6.07) is 9.75. The summed E-state index contributed by atoms with van der Waals surface area (Å²) in [5.74, 6) is -3.58. The first-order chi connectivity index (χ1) is 8.94. The van der Waals surface area contributed by atoms with Gasteiger partial charge in [-0.25, -0.2) is 0 Å². The molecule has 2 N–H and O–H groups in total. The number of benzene rings is 1. The minimum absolute atomic E-state index is 0.254. The van der Waals surface area contributed by atoms with Crippen molar-refractivity contribution in [1.82, 2.24) is 0 Å². The minimum atomic E-state index is -1.01. The third-order valence-corrected chi connectivity index (χ3v) is 4.27. The fourth-order valence-corrected chi connectivity index (χ4v) is 3.06. The molecule has 1 fully saturated rings. The van der Waals surface area contributed by atoms with E-state index < -0.39 is 23.8 Å². The third kappa shape index (κ3) is 2.62. The molecule has 0 spiro atoms. The molecule has 0 bridgehead atoms. The van der Waals surface area contributed by atoms with Gasteiger partial charge in [-0.3, -0.25) is 9.59 Å². The molecule has 0 saturated heterocycles. The Labute approximate surface area is 112 Å². The van der Waals surface area contributed by atoms with Crippen LogP contribution in [0.2, 0.25) is 0 Å². The number of carboxylic acid groups (broad SMARTS) is 2. The maximum absolute atomic E-state index is 11.3. The van der Waals surface area contributed by atoms with Crippen LogP contribution in [0.5, 0.6) is 0 Å². The Morgan fingerprint density at radius 2 is 1.68 bits per heavy atom. The molecule has 1 saturated carbocycles. The summed E-state index contributed by atoms with van der Waals surface area (Å²) in [4.78, 5) is 22.5. The Kier molecular flexibility index (Phi) is 3.60. The van der Waals surface area contributed by atoms with Gasteiger partial charge < -0.3 is 10.2 Å². The van der Waals surface area contributed by atoms with E-state index in [0.29, 0.717) is 19.3 Å². The molecule has 0 heterocycles. The first-order valence-electron chi connectivity index (χ1n) is 6.45. The lowest BCUT2D eigenvalue weighted by Gasteiger charge is -2.40. The van der Waals surface area contributed by atoms with Gasteiger partial charge >= 0.3 is 11.9 Å². The summed E-state index contributed by atoms with van der Waals surface area (Å²) in [5.41, 5.74) is 0.834. The summed E-state index contributed by atoms with van der Waals surface area (Å²) < 4.78 is 0. The Balaban J connectivity index is 2.28. The molecule has 1 aromatic carbocycles. The molecule has 0 unspecified atom stereocenters. The molecule has 3 atom stereocenters. The van der Waals surface area contributed by atoms with E-state index in [-0.39, 0.29) is 5.41 Å². The molecular weight excluding hydrogens is 244 g/mol. The number of carbonyl (C=O) groups is 2. The summed E-state index contributed by atoms with van der Waals surface area (Å²) in [5, 5.41) is 18.4. The second-order valence-electron chi connectivity index (χ2n) is 5.56. The zero-order valence-electron chi connectivity index (χ0n) is 10.9. The van der Waals surface area contributed by atoms with Gasteiger partial charge in [-0.05, 0) is 30.2 Å². The van der Waals surface area contributed by atoms with Gasteiger partial charge in [-0.2, -0.15) is 0 Å². The number of aliphatic carboxylic acids is 2. The Morgan fingerprint density at radius 1 is 1.11 bits per heavy atom. The van der Waals surface area contributed by atoms with E-state index in [1.165, 1.54) is 0 Å². The topological polar surface area (TPSA) is 74.6 Å². The number of hydrogen-bond acceptors (Lipinski definition) is 2. The zero-order chi connectivity index (χ0) is 14.0. The highest BCUT2D eigenvalue weighted by atomic mass is 16.4. The van der Waals surface area contributed by atoms with Crippen molar-refractivity contribution in [3.63, 3.8) is 0 Å². The van der Waals surface area contributed by atoms with Crippen LogP contribution < -0.4 is 0 Å². The summed E-state index contributed by atoms with van der Waals surface area (Å²) in [7, 11) is 0. The smallest absolute Gasteiger partial charge is 0.307 e. The van der Waals surface area contributed by atoms with E-state index in [2.05, 4.69) is 0 Å².